The Bertz CT molecular complexity index is 600. The summed E-state index contributed by atoms with van der Waals surface area (Å²) in [7, 11) is 0. The van der Waals surface area contributed by atoms with Crippen LogP contribution in [0.3, 0.4) is 0 Å². The summed E-state index contributed by atoms with van der Waals surface area (Å²) in [4.78, 5) is 0. The first kappa shape index (κ1) is 12.8. The van der Waals surface area contributed by atoms with E-state index in [1.54, 1.807) is 12.1 Å². The fourth-order valence-corrected chi connectivity index (χ4v) is 1.73. The Balaban J connectivity index is 2.19. The van der Waals surface area contributed by atoms with Gasteiger partial charge in [0.05, 0.1) is 23.5 Å². The third-order valence-electron chi connectivity index (χ3n) is 2.67. The molecule has 2 aromatic rings. The van der Waals surface area contributed by atoms with Crippen LogP contribution in [0.5, 0.6) is 5.75 Å². The Morgan fingerprint density at radius 1 is 1.21 bits per heavy atom. The Morgan fingerprint density at radius 3 is 2.58 bits per heavy atom. The molecule has 2 aromatic carbocycles. The van der Waals surface area contributed by atoms with Crippen molar-refractivity contribution in [2.75, 3.05) is 17.7 Å². The summed E-state index contributed by atoms with van der Waals surface area (Å²) in [5, 5.41) is 12.1. The third-order valence-corrected chi connectivity index (χ3v) is 2.67. The second kappa shape index (κ2) is 5.78. The van der Waals surface area contributed by atoms with E-state index < -0.39 is 0 Å². The van der Waals surface area contributed by atoms with E-state index in [9.17, 15) is 0 Å². The van der Waals surface area contributed by atoms with Crippen molar-refractivity contribution in [3.63, 3.8) is 0 Å². The van der Waals surface area contributed by atoms with Crippen molar-refractivity contribution in [1.29, 1.82) is 5.26 Å². The topological polar surface area (TPSA) is 71.1 Å². The first-order chi connectivity index (χ1) is 9.24. The van der Waals surface area contributed by atoms with Crippen LogP contribution in [0, 0.1) is 11.3 Å². The monoisotopic (exact) mass is 253 g/mol. The second-order valence-corrected chi connectivity index (χ2v) is 3.96. The summed E-state index contributed by atoms with van der Waals surface area (Å²) in [6, 6.07) is 15.0. The van der Waals surface area contributed by atoms with Crippen LogP contribution in [0.15, 0.2) is 42.5 Å². The van der Waals surface area contributed by atoms with Crippen molar-refractivity contribution in [1.82, 2.24) is 0 Å². The van der Waals surface area contributed by atoms with E-state index >= 15 is 0 Å². The number of benzene rings is 2. The largest absolute Gasteiger partial charge is 0.494 e. The predicted molar refractivity (Wildman–Crippen MR) is 76.5 cm³/mol. The van der Waals surface area contributed by atoms with Crippen molar-refractivity contribution < 1.29 is 4.74 Å². The summed E-state index contributed by atoms with van der Waals surface area (Å²) in [6.07, 6.45) is 0. The molecule has 0 aliphatic carbocycles. The van der Waals surface area contributed by atoms with E-state index in [4.69, 9.17) is 15.7 Å². The number of anilines is 3. The van der Waals surface area contributed by atoms with Gasteiger partial charge < -0.3 is 15.8 Å². The van der Waals surface area contributed by atoms with Gasteiger partial charge in [-0.2, -0.15) is 5.26 Å². The molecule has 0 aliphatic rings. The van der Waals surface area contributed by atoms with Crippen LogP contribution in [-0.2, 0) is 0 Å². The molecular weight excluding hydrogens is 238 g/mol. The van der Waals surface area contributed by atoms with Gasteiger partial charge in [-0.05, 0) is 43.3 Å². The quantitative estimate of drug-likeness (QED) is 0.820. The van der Waals surface area contributed by atoms with Gasteiger partial charge in [0, 0.05) is 5.69 Å². The Hall–Kier alpha value is -2.67. The second-order valence-electron chi connectivity index (χ2n) is 3.96. The van der Waals surface area contributed by atoms with Gasteiger partial charge in [0.25, 0.3) is 0 Å². The highest BCUT2D eigenvalue weighted by Crippen LogP contribution is 2.26. The zero-order valence-electron chi connectivity index (χ0n) is 10.7. The lowest BCUT2D eigenvalue weighted by molar-refractivity contribution is 0.340. The van der Waals surface area contributed by atoms with Crippen LogP contribution in [-0.4, -0.2) is 6.61 Å². The van der Waals surface area contributed by atoms with Gasteiger partial charge in [0.1, 0.15) is 11.8 Å². The molecule has 0 saturated heterocycles. The van der Waals surface area contributed by atoms with Gasteiger partial charge in [0.15, 0.2) is 0 Å². The van der Waals surface area contributed by atoms with Crippen LogP contribution in [0.1, 0.15) is 12.5 Å². The number of para-hydroxylation sites is 1. The molecule has 96 valence electrons. The van der Waals surface area contributed by atoms with Crippen molar-refractivity contribution in [3.05, 3.63) is 48.0 Å². The first-order valence-electron chi connectivity index (χ1n) is 6.03. The molecule has 19 heavy (non-hydrogen) atoms. The number of hydrogen-bond donors (Lipinski definition) is 2. The van der Waals surface area contributed by atoms with Gasteiger partial charge in [-0.25, -0.2) is 0 Å². The molecule has 0 unspecified atom stereocenters. The first-order valence-corrected chi connectivity index (χ1v) is 6.03. The van der Waals surface area contributed by atoms with Crippen molar-refractivity contribution in [3.8, 4) is 11.8 Å². The van der Waals surface area contributed by atoms with E-state index in [2.05, 4.69) is 11.4 Å². The molecule has 4 nitrogen and oxygen atoms in total. The summed E-state index contributed by atoms with van der Waals surface area (Å²) in [6.45, 7) is 2.59. The van der Waals surface area contributed by atoms with E-state index in [1.165, 1.54) is 0 Å². The van der Waals surface area contributed by atoms with Crippen LogP contribution in [0.25, 0.3) is 0 Å². The van der Waals surface area contributed by atoms with Crippen LogP contribution < -0.4 is 15.8 Å². The lowest BCUT2D eigenvalue weighted by Crippen LogP contribution is -1.98. The molecule has 0 atom stereocenters. The fraction of sp³-hybridized carbons (Fsp3) is 0.133. The van der Waals surface area contributed by atoms with E-state index in [0.717, 1.165) is 17.1 Å². The van der Waals surface area contributed by atoms with E-state index in [0.29, 0.717) is 17.9 Å². The fourth-order valence-electron chi connectivity index (χ4n) is 1.73. The summed E-state index contributed by atoms with van der Waals surface area (Å²) >= 11 is 0. The minimum Gasteiger partial charge on any atom is -0.494 e. The van der Waals surface area contributed by atoms with Gasteiger partial charge >= 0.3 is 0 Å². The number of nitriles is 1. The highest BCUT2D eigenvalue weighted by atomic mass is 16.5. The molecule has 0 radical (unpaired) electrons. The van der Waals surface area contributed by atoms with Crippen LogP contribution >= 0.6 is 0 Å². The molecule has 0 aliphatic heterocycles. The lowest BCUT2D eigenvalue weighted by Gasteiger charge is -2.11. The molecule has 0 saturated carbocycles. The van der Waals surface area contributed by atoms with Crippen molar-refractivity contribution in [2.45, 2.75) is 6.92 Å². The maximum Gasteiger partial charge on any atom is 0.119 e. The molecule has 0 heterocycles. The maximum atomic E-state index is 8.93. The molecule has 0 spiro atoms. The molecule has 3 N–H and O–H groups in total. The Kier molecular flexibility index (Phi) is 3.89. The summed E-state index contributed by atoms with van der Waals surface area (Å²) in [5.74, 6) is 0.826. The van der Waals surface area contributed by atoms with Gasteiger partial charge in [-0.1, -0.05) is 6.07 Å². The zero-order chi connectivity index (χ0) is 13.7. The number of nitrogens with two attached hydrogens (primary N) is 1. The van der Waals surface area contributed by atoms with Crippen LogP contribution in [0.2, 0.25) is 0 Å². The highest BCUT2D eigenvalue weighted by Gasteiger charge is 2.04. The molecule has 0 fully saturated rings. The number of nitrogens with one attached hydrogen (secondary N) is 1. The number of hydrogen-bond acceptors (Lipinski definition) is 4. The van der Waals surface area contributed by atoms with Gasteiger partial charge in [-0.15, -0.1) is 0 Å². The predicted octanol–water partition coefficient (Wildman–Crippen LogP) is 3.28. The number of nitrogen functional groups attached to an aromatic ring is 1. The minimum atomic E-state index is 0.457. The molecular formula is C15H15N3O. The standard InChI is InChI=1S/C15H15N3O/c1-2-19-13-8-6-12(7-9-13)18-14-5-3-4-11(10-16)15(14)17/h3-9,18H,2,17H2,1H3. The minimum absolute atomic E-state index is 0.457. The molecule has 0 bridgehead atoms. The Labute approximate surface area is 112 Å². The third kappa shape index (κ3) is 2.96. The molecule has 4 heteroatoms. The van der Waals surface area contributed by atoms with Gasteiger partial charge in [0.2, 0.25) is 0 Å². The molecule has 2 rings (SSSR count). The number of nitrogens with zero attached hydrogens (tertiary/aromatic N) is 1. The average molecular weight is 253 g/mol. The van der Waals surface area contributed by atoms with Crippen molar-refractivity contribution >= 4 is 17.1 Å². The molecule has 0 amide bonds. The molecule has 0 aromatic heterocycles. The van der Waals surface area contributed by atoms with Crippen LogP contribution in [0.4, 0.5) is 17.1 Å². The van der Waals surface area contributed by atoms with E-state index in [1.807, 2.05) is 37.3 Å². The lowest BCUT2D eigenvalue weighted by atomic mass is 10.1. The SMILES string of the molecule is CCOc1ccc(Nc2cccc(C#N)c2N)cc1. The summed E-state index contributed by atoms with van der Waals surface area (Å²) in [5.41, 5.74) is 8.45. The van der Waals surface area contributed by atoms with E-state index in [-0.39, 0.29) is 0 Å². The normalized spacial score (nSPS) is 9.68. The Morgan fingerprint density at radius 2 is 1.95 bits per heavy atom. The number of ether oxygens (including phenoxy) is 1. The maximum absolute atomic E-state index is 8.93. The smallest absolute Gasteiger partial charge is 0.119 e. The van der Waals surface area contributed by atoms with Crippen molar-refractivity contribution in [2.24, 2.45) is 0 Å². The van der Waals surface area contributed by atoms with Gasteiger partial charge in [-0.3, -0.25) is 0 Å². The average Bonchev–Trinajstić information content (AvgIpc) is 2.43. The zero-order valence-corrected chi connectivity index (χ0v) is 10.7. The summed E-state index contributed by atoms with van der Waals surface area (Å²) < 4.78 is 5.38. The highest BCUT2D eigenvalue weighted by molar-refractivity contribution is 5.77. The number of rotatable bonds is 4.